The Morgan fingerprint density at radius 3 is 2.83 bits per heavy atom. The van der Waals surface area contributed by atoms with Gasteiger partial charge in [0.25, 0.3) is 0 Å². The SMILES string of the molecule is N=C/C(=C\NC[C@H]1CC[C@H](O)CC1)c1cnc2ccc(Cl)nc2c1. The summed E-state index contributed by atoms with van der Waals surface area (Å²) in [6.45, 7) is 0.856. The van der Waals surface area contributed by atoms with Crippen molar-refractivity contribution in [1.29, 1.82) is 5.41 Å². The van der Waals surface area contributed by atoms with Crippen molar-refractivity contribution in [3.05, 3.63) is 41.3 Å². The molecule has 0 bridgehead atoms. The molecular formula is C18H21ClN4O. The third-order valence-corrected chi connectivity index (χ3v) is 4.68. The molecule has 24 heavy (non-hydrogen) atoms. The summed E-state index contributed by atoms with van der Waals surface area (Å²) >= 11 is 5.94. The zero-order valence-corrected chi connectivity index (χ0v) is 14.1. The number of nitrogens with zero attached hydrogens (tertiary/aromatic N) is 2. The van der Waals surface area contributed by atoms with E-state index in [-0.39, 0.29) is 6.10 Å². The maximum absolute atomic E-state index is 9.55. The minimum Gasteiger partial charge on any atom is -0.393 e. The summed E-state index contributed by atoms with van der Waals surface area (Å²) in [5.41, 5.74) is 3.08. The minimum absolute atomic E-state index is 0.128. The van der Waals surface area contributed by atoms with Crippen molar-refractivity contribution in [2.24, 2.45) is 5.92 Å². The van der Waals surface area contributed by atoms with Crippen LogP contribution in [0.5, 0.6) is 0 Å². The molecule has 2 aromatic heterocycles. The molecule has 1 fully saturated rings. The first kappa shape index (κ1) is 16.9. The lowest BCUT2D eigenvalue weighted by atomic mass is 9.87. The van der Waals surface area contributed by atoms with Crippen LogP contribution in [0.2, 0.25) is 5.15 Å². The molecule has 0 aliphatic heterocycles. The number of allylic oxidation sites excluding steroid dienone is 1. The zero-order chi connectivity index (χ0) is 16.9. The van der Waals surface area contributed by atoms with Gasteiger partial charge >= 0.3 is 0 Å². The maximum Gasteiger partial charge on any atom is 0.129 e. The molecule has 0 amide bonds. The van der Waals surface area contributed by atoms with Gasteiger partial charge in [-0.05, 0) is 49.8 Å². The molecule has 5 nitrogen and oxygen atoms in total. The first-order valence-corrected chi connectivity index (χ1v) is 8.58. The molecule has 1 aliphatic carbocycles. The number of aliphatic hydroxyl groups excluding tert-OH is 1. The maximum atomic E-state index is 9.55. The van der Waals surface area contributed by atoms with E-state index in [0.717, 1.165) is 48.9 Å². The molecule has 0 unspecified atom stereocenters. The van der Waals surface area contributed by atoms with Crippen LogP contribution in [-0.2, 0) is 0 Å². The van der Waals surface area contributed by atoms with Gasteiger partial charge in [-0.3, -0.25) is 4.98 Å². The standard InChI is InChI=1S/C18H21ClN4O/c19-18-6-5-16-17(23-18)7-13(11-22-16)14(8-20)10-21-9-12-1-3-15(24)4-2-12/h5-8,10-12,15,20-21,24H,1-4,9H2/b14-10+,20-8?/t12-,15-. The number of aromatic nitrogens is 2. The van der Waals surface area contributed by atoms with Crippen LogP contribution in [0.3, 0.4) is 0 Å². The summed E-state index contributed by atoms with van der Waals surface area (Å²) in [6.07, 6.45) is 8.63. The van der Waals surface area contributed by atoms with Gasteiger partial charge in [0.2, 0.25) is 0 Å². The van der Waals surface area contributed by atoms with Crippen LogP contribution in [0.15, 0.2) is 30.6 Å². The second-order valence-electron chi connectivity index (χ2n) is 6.22. The Kier molecular flexibility index (Phi) is 5.43. The molecule has 0 spiro atoms. The highest BCUT2D eigenvalue weighted by Gasteiger charge is 2.18. The second kappa shape index (κ2) is 7.73. The minimum atomic E-state index is -0.128. The van der Waals surface area contributed by atoms with Crippen molar-refractivity contribution in [2.45, 2.75) is 31.8 Å². The van der Waals surface area contributed by atoms with Gasteiger partial charge in [-0.15, -0.1) is 0 Å². The zero-order valence-electron chi connectivity index (χ0n) is 13.4. The lowest BCUT2D eigenvalue weighted by Crippen LogP contribution is -2.25. The van der Waals surface area contributed by atoms with E-state index in [1.807, 2.05) is 18.3 Å². The van der Waals surface area contributed by atoms with Crippen LogP contribution in [-0.4, -0.2) is 33.9 Å². The van der Waals surface area contributed by atoms with Crippen molar-refractivity contribution in [1.82, 2.24) is 15.3 Å². The Morgan fingerprint density at radius 2 is 2.08 bits per heavy atom. The Morgan fingerprint density at radius 1 is 1.29 bits per heavy atom. The number of pyridine rings is 2. The molecule has 2 heterocycles. The van der Waals surface area contributed by atoms with Crippen LogP contribution >= 0.6 is 11.6 Å². The van der Waals surface area contributed by atoms with Crippen molar-refractivity contribution < 1.29 is 5.11 Å². The van der Waals surface area contributed by atoms with Gasteiger partial charge in [-0.25, -0.2) is 4.98 Å². The molecule has 126 valence electrons. The fourth-order valence-electron chi connectivity index (χ4n) is 3.03. The highest BCUT2D eigenvalue weighted by Crippen LogP contribution is 2.23. The smallest absolute Gasteiger partial charge is 0.129 e. The Balaban J connectivity index is 1.69. The first-order valence-electron chi connectivity index (χ1n) is 8.20. The van der Waals surface area contributed by atoms with Gasteiger partial charge in [0.15, 0.2) is 0 Å². The van der Waals surface area contributed by atoms with E-state index in [4.69, 9.17) is 17.0 Å². The normalized spacial score (nSPS) is 21.7. The highest BCUT2D eigenvalue weighted by molar-refractivity contribution is 6.29. The first-order chi connectivity index (χ1) is 11.7. The van der Waals surface area contributed by atoms with Crippen LogP contribution in [0.1, 0.15) is 31.2 Å². The van der Waals surface area contributed by atoms with E-state index >= 15 is 0 Å². The number of halogens is 1. The molecule has 0 radical (unpaired) electrons. The van der Waals surface area contributed by atoms with Crippen molar-refractivity contribution in [2.75, 3.05) is 6.54 Å². The van der Waals surface area contributed by atoms with Gasteiger partial charge in [0, 0.05) is 36.3 Å². The fourth-order valence-corrected chi connectivity index (χ4v) is 3.19. The van der Waals surface area contributed by atoms with Crippen LogP contribution in [0, 0.1) is 11.3 Å². The molecule has 1 aliphatic rings. The van der Waals surface area contributed by atoms with E-state index in [9.17, 15) is 5.11 Å². The molecule has 2 aromatic rings. The number of hydrogen-bond donors (Lipinski definition) is 3. The van der Waals surface area contributed by atoms with E-state index in [1.165, 1.54) is 6.21 Å². The Hall–Kier alpha value is -1.98. The van der Waals surface area contributed by atoms with Crippen LogP contribution in [0.4, 0.5) is 0 Å². The highest BCUT2D eigenvalue weighted by atomic mass is 35.5. The lowest BCUT2D eigenvalue weighted by molar-refractivity contribution is 0.109. The summed E-state index contributed by atoms with van der Waals surface area (Å²) in [6, 6.07) is 5.44. The van der Waals surface area contributed by atoms with Crippen molar-refractivity contribution in [3.63, 3.8) is 0 Å². The molecule has 3 N–H and O–H groups in total. The third-order valence-electron chi connectivity index (χ3n) is 4.47. The number of hydrogen-bond acceptors (Lipinski definition) is 5. The monoisotopic (exact) mass is 344 g/mol. The number of rotatable bonds is 5. The molecule has 0 atom stereocenters. The van der Waals surface area contributed by atoms with Crippen LogP contribution < -0.4 is 5.32 Å². The Labute approximate surface area is 146 Å². The van der Waals surface area contributed by atoms with Gasteiger partial charge in [-0.1, -0.05) is 11.6 Å². The molecule has 1 saturated carbocycles. The average Bonchev–Trinajstić information content (AvgIpc) is 2.59. The quantitative estimate of drug-likeness (QED) is 0.573. The third kappa shape index (κ3) is 4.10. The van der Waals surface area contributed by atoms with Gasteiger partial charge in [0.1, 0.15) is 5.15 Å². The molecule has 3 rings (SSSR count). The number of fused-ring (bicyclic) bond motifs is 1. The second-order valence-corrected chi connectivity index (χ2v) is 6.61. The van der Waals surface area contributed by atoms with Crippen LogP contribution in [0.25, 0.3) is 16.6 Å². The molecule has 0 aromatic carbocycles. The van der Waals surface area contributed by atoms with Crippen molar-refractivity contribution >= 4 is 34.4 Å². The molecular weight excluding hydrogens is 324 g/mol. The number of nitrogens with one attached hydrogen (secondary N) is 2. The lowest BCUT2D eigenvalue weighted by Gasteiger charge is -2.25. The van der Waals surface area contributed by atoms with E-state index < -0.39 is 0 Å². The van der Waals surface area contributed by atoms with E-state index in [2.05, 4.69) is 15.3 Å². The van der Waals surface area contributed by atoms with Gasteiger partial charge < -0.3 is 15.8 Å². The summed E-state index contributed by atoms with van der Waals surface area (Å²) in [5, 5.41) is 20.9. The predicted molar refractivity (Wildman–Crippen MR) is 97.3 cm³/mol. The van der Waals surface area contributed by atoms with E-state index in [0.29, 0.717) is 16.6 Å². The fraction of sp³-hybridized carbons (Fsp3) is 0.389. The van der Waals surface area contributed by atoms with Gasteiger partial charge in [-0.2, -0.15) is 0 Å². The van der Waals surface area contributed by atoms with E-state index in [1.54, 1.807) is 12.3 Å². The molecule has 6 heteroatoms. The molecule has 0 saturated heterocycles. The van der Waals surface area contributed by atoms with Crippen molar-refractivity contribution in [3.8, 4) is 0 Å². The largest absolute Gasteiger partial charge is 0.393 e. The Bertz CT molecular complexity index is 754. The summed E-state index contributed by atoms with van der Waals surface area (Å²) in [4.78, 5) is 8.65. The predicted octanol–water partition coefficient (Wildman–Crippen LogP) is 3.41. The number of aliphatic hydroxyl groups is 1. The topological polar surface area (TPSA) is 81.9 Å². The summed E-state index contributed by atoms with van der Waals surface area (Å²) in [7, 11) is 0. The average molecular weight is 345 g/mol. The summed E-state index contributed by atoms with van der Waals surface area (Å²) in [5.74, 6) is 0.576. The summed E-state index contributed by atoms with van der Waals surface area (Å²) < 4.78 is 0. The van der Waals surface area contributed by atoms with Gasteiger partial charge in [0.05, 0.1) is 17.1 Å².